The number of aromatic nitrogens is 3. The molecule has 2 heterocycles. The molecule has 1 aromatic carbocycles. The van der Waals surface area contributed by atoms with Gasteiger partial charge in [-0.1, -0.05) is 31.5 Å². The Kier molecular flexibility index (Phi) is 4.59. The highest BCUT2D eigenvalue weighted by molar-refractivity contribution is 5.99. The number of nitrogens with one attached hydrogen (secondary N) is 1. The zero-order valence-corrected chi connectivity index (χ0v) is 13.7. The number of benzene rings is 1. The lowest BCUT2D eigenvalue weighted by Gasteiger charge is -2.12. The van der Waals surface area contributed by atoms with E-state index in [9.17, 15) is 9.59 Å². The van der Waals surface area contributed by atoms with Gasteiger partial charge >= 0.3 is 0 Å². The van der Waals surface area contributed by atoms with Gasteiger partial charge in [0.1, 0.15) is 5.82 Å². The van der Waals surface area contributed by atoms with Crippen molar-refractivity contribution in [1.82, 2.24) is 20.1 Å². The van der Waals surface area contributed by atoms with Crippen LogP contribution in [0.1, 0.15) is 53.4 Å². The fourth-order valence-corrected chi connectivity index (χ4v) is 2.96. The number of unbranched alkanes of at least 4 members (excludes halogenated alkanes) is 1. The molecule has 0 saturated carbocycles. The highest BCUT2D eigenvalue weighted by Gasteiger charge is 2.29. The quantitative estimate of drug-likeness (QED) is 0.795. The summed E-state index contributed by atoms with van der Waals surface area (Å²) in [4.78, 5) is 27.7. The molecule has 7 nitrogen and oxygen atoms in total. The summed E-state index contributed by atoms with van der Waals surface area (Å²) in [5.74, 6) is 0.689. The average molecular weight is 327 g/mol. The Labute approximate surface area is 140 Å². The second kappa shape index (κ2) is 6.82. The lowest BCUT2D eigenvalue weighted by molar-refractivity contribution is -0.117. The number of rotatable bonds is 7. The van der Waals surface area contributed by atoms with Gasteiger partial charge in [-0.15, -0.1) is 0 Å². The number of carbonyl (C=O) groups excluding carboxylic acids is 2. The van der Waals surface area contributed by atoms with Crippen molar-refractivity contribution in [2.75, 3.05) is 0 Å². The Morgan fingerprint density at radius 3 is 2.92 bits per heavy atom. The Bertz CT molecular complexity index is 768. The summed E-state index contributed by atoms with van der Waals surface area (Å²) in [5, 5.41) is 7.39. The second-order valence-corrected chi connectivity index (χ2v) is 5.98. The van der Waals surface area contributed by atoms with Crippen LogP contribution in [0.3, 0.4) is 0 Å². The summed E-state index contributed by atoms with van der Waals surface area (Å²) in [7, 11) is 0. The van der Waals surface area contributed by atoms with Crippen LogP contribution in [0.4, 0.5) is 0 Å². The Morgan fingerprint density at radius 1 is 1.38 bits per heavy atom. The van der Waals surface area contributed by atoms with Gasteiger partial charge in [-0.25, -0.2) is 9.67 Å². The minimum absolute atomic E-state index is 0.0275. The highest BCUT2D eigenvalue weighted by Crippen LogP contribution is 2.27. The molecule has 0 fully saturated rings. The molecular formula is C17H21N5O2. The van der Waals surface area contributed by atoms with Crippen LogP contribution in [0.5, 0.6) is 0 Å². The van der Waals surface area contributed by atoms with E-state index in [-0.39, 0.29) is 18.4 Å². The molecule has 0 unspecified atom stereocenters. The molecular weight excluding hydrogens is 306 g/mol. The molecule has 3 N–H and O–H groups in total. The summed E-state index contributed by atoms with van der Waals surface area (Å²) in [6.07, 6.45) is 2.57. The first-order valence-electron chi connectivity index (χ1n) is 8.19. The Balaban J connectivity index is 1.85. The normalized spacial score (nSPS) is 16.0. The van der Waals surface area contributed by atoms with Crippen LogP contribution in [0.25, 0.3) is 0 Å². The summed E-state index contributed by atoms with van der Waals surface area (Å²) >= 11 is 0. The minimum Gasteiger partial charge on any atom is -0.369 e. The number of amides is 2. The molecule has 0 bridgehead atoms. The third-order valence-electron chi connectivity index (χ3n) is 4.12. The molecule has 2 aromatic rings. The molecule has 1 aromatic heterocycles. The number of primary amides is 1. The molecule has 126 valence electrons. The topological polar surface area (TPSA) is 103 Å². The predicted octanol–water partition coefficient (Wildman–Crippen LogP) is 1.13. The molecule has 0 spiro atoms. The highest BCUT2D eigenvalue weighted by atomic mass is 16.2. The summed E-state index contributed by atoms with van der Waals surface area (Å²) in [6.45, 7) is 2.84. The molecule has 1 aliphatic heterocycles. The zero-order valence-electron chi connectivity index (χ0n) is 13.7. The van der Waals surface area contributed by atoms with Crippen molar-refractivity contribution in [1.29, 1.82) is 0 Å². The molecule has 0 radical (unpaired) electrons. The van der Waals surface area contributed by atoms with E-state index in [0.29, 0.717) is 17.8 Å². The molecule has 24 heavy (non-hydrogen) atoms. The Hall–Kier alpha value is -2.70. The van der Waals surface area contributed by atoms with Crippen molar-refractivity contribution in [3.05, 3.63) is 47.0 Å². The number of aryl methyl sites for hydroxylation is 1. The number of hydrogen-bond donors (Lipinski definition) is 2. The molecule has 7 heteroatoms. The maximum Gasteiger partial charge on any atom is 0.252 e. The van der Waals surface area contributed by atoms with Crippen molar-refractivity contribution >= 4 is 11.8 Å². The minimum atomic E-state index is -0.450. The SMILES string of the molecule is CCCCn1nc(CC(N)=O)nc1C[C@H]1NC(=O)c2ccccc21. The van der Waals surface area contributed by atoms with Crippen LogP contribution in [-0.4, -0.2) is 26.6 Å². The van der Waals surface area contributed by atoms with Crippen LogP contribution in [0, 0.1) is 0 Å². The van der Waals surface area contributed by atoms with Gasteiger partial charge < -0.3 is 11.1 Å². The van der Waals surface area contributed by atoms with Crippen molar-refractivity contribution in [2.45, 2.75) is 45.2 Å². The first kappa shape index (κ1) is 16.2. The van der Waals surface area contributed by atoms with Crippen molar-refractivity contribution in [3.8, 4) is 0 Å². The van der Waals surface area contributed by atoms with Crippen molar-refractivity contribution in [2.24, 2.45) is 5.73 Å². The van der Waals surface area contributed by atoms with Gasteiger partial charge in [-0.3, -0.25) is 9.59 Å². The molecule has 0 aliphatic carbocycles. The van der Waals surface area contributed by atoms with Crippen LogP contribution in [0.2, 0.25) is 0 Å². The monoisotopic (exact) mass is 327 g/mol. The lowest BCUT2D eigenvalue weighted by atomic mass is 10.0. The number of fused-ring (bicyclic) bond motifs is 1. The first-order chi connectivity index (χ1) is 11.6. The molecule has 0 saturated heterocycles. The van der Waals surface area contributed by atoms with E-state index in [1.807, 2.05) is 28.9 Å². The summed E-state index contributed by atoms with van der Waals surface area (Å²) < 4.78 is 1.83. The third kappa shape index (κ3) is 3.29. The van der Waals surface area contributed by atoms with Crippen LogP contribution in [0.15, 0.2) is 24.3 Å². The van der Waals surface area contributed by atoms with Gasteiger partial charge in [-0.2, -0.15) is 5.10 Å². The summed E-state index contributed by atoms with van der Waals surface area (Å²) in [6, 6.07) is 7.43. The maximum atomic E-state index is 12.1. The fourth-order valence-electron chi connectivity index (χ4n) is 2.96. The van der Waals surface area contributed by atoms with Gasteiger partial charge in [0.15, 0.2) is 5.82 Å². The fraction of sp³-hybridized carbons (Fsp3) is 0.412. The molecule has 3 rings (SSSR count). The van der Waals surface area contributed by atoms with E-state index >= 15 is 0 Å². The first-order valence-corrected chi connectivity index (χ1v) is 8.19. The van der Waals surface area contributed by atoms with E-state index < -0.39 is 5.91 Å². The zero-order chi connectivity index (χ0) is 17.1. The van der Waals surface area contributed by atoms with Gasteiger partial charge in [0.2, 0.25) is 5.91 Å². The number of carbonyl (C=O) groups is 2. The van der Waals surface area contributed by atoms with Crippen LogP contribution >= 0.6 is 0 Å². The standard InChI is InChI=1S/C17H21N5O2/c1-2-3-8-22-16(20-15(21-22)10-14(18)23)9-13-11-6-4-5-7-12(11)17(24)19-13/h4-7,13H,2-3,8-10H2,1H3,(H2,18,23)(H,19,24)/t13-/m1/s1. The van der Waals surface area contributed by atoms with Gasteiger partial charge in [0.05, 0.1) is 12.5 Å². The molecule has 1 atom stereocenters. The van der Waals surface area contributed by atoms with E-state index in [2.05, 4.69) is 22.3 Å². The largest absolute Gasteiger partial charge is 0.369 e. The second-order valence-electron chi connectivity index (χ2n) is 5.98. The van der Waals surface area contributed by atoms with Crippen molar-refractivity contribution < 1.29 is 9.59 Å². The number of hydrogen-bond acceptors (Lipinski definition) is 4. The van der Waals surface area contributed by atoms with Crippen LogP contribution in [-0.2, 0) is 24.2 Å². The van der Waals surface area contributed by atoms with Gasteiger partial charge in [0.25, 0.3) is 5.91 Å². The van der Waals surface area contributed by atoms with Crippen molar-refractivity contribution in [3.63, 3.8) is 0 Å². The average Bonchev–Trinajstić information content (AvgIpc) is 3.07. The maximum absolute atomic E-state index is 12.1. The summed E-state index contributed by atoms with van der Waals surface area (Å²) in [5.41, 5.74) is 6.93. The number of nitrogens with zero attached hydrogens (tertiary/aromatic N) is 3. The smallest absolute Gasteiger partial charge is 0.252 e. The van der Waals surface area contributed by atoms with Crippen LogP contribution < -0.4 is 11.1 Å². The van der Waals surface area contributed by atoms with E-state index in [1.165, 1.54) is 0 Å². The Morgan fingerprint density at radius 2 is 2.17 bits per heavy atom. The molecule has 2 amide bonds. The predicted molar refractivity (Wildman–Crippen MR) is 88.2 cm³/mol. The lowest BCUT2D eigenvalue weighted by Crippen LogP contribution is -2.22. The molecule has 1 aliphatic rings. The third-order valence-corrected chi connectivity index (χ3v) is 4.12. The van der Waals surface area contributed by atoms with Gasteiger partial charge in [-0.05, 0) is 18.1 Å². The van der Waals surface area contributed by atoms with Gasteiger partial charge in [0, 0.05) is 18.5 Å². The van der Waals surface area contributed by atoms with E-state index in [0.717, 1.165) is 30.8 Å². The van der Waals surface area contributed by atoms with E-state index in [1.54, 1.807) is 0 Å². The number of nitrogens with two attached hydrogens (primary N) is 1. The van der Waals surface area contributed by atoms with E-state index in [4.69, 9.17) is 5.73 Å².